The highest BCUT2D eigenvalue weighted by Gasteiger charge is 2.21. The maximum atomic E-state index is 5.68. The van der Waals surface area contributed by atoms with E-state index in [1.165, 1.54) is 81.2 Å². The van der Waals surface area contributed by atoms with Gasteiger partial charge in [0.25, 0.3) is 0 Å². The smallest absolute Gasteiger partial charge is 0.146 e. The van der Waals surface area contributed by atoms with Crippen LogP contribution >= 0.6 is 0 Å². The van der Waals surface area contributed by atoms with Crippen molar-refractivity contribution in [1.29, 1.82) is 0 Å². The quantitative estimate of drug-likeness (QED) is 0.508. The van der Waals surface area contributed by atoms with Gasteiger partial charge in [0.05, 0.1) is 18.5 Å². The first-order valence-electron chi connectivity index (χ1n) is 12.2. The SMILES string of the molecule is CCCCC1CCCCCCCCc2cc1c(C=C1N=C(c3ccc[nH]3)C=C1OC)[nH]2. The Bertz CT molecular complexity index is 930. The van der Waals surface area contributed by atoms with Crippen LogP contribution in [0.4, 0.5) is 0 Å². The molecule has 0 radical (unpaired) electrons. The third-order valence-electron chi connectivity index (χ3n) is 6.67. The topological polar surface area (TPSA) is 53.2 Å². The number of aliphatic imine (C=N–C) groups is 1. The lowest BCUT2D eigenvalue weighted by Crippen LogP contribution is -2.01. The molecular weight excluding hydrogens is 382 g/mol. The number of nitrogens with zero attached hydrogens (tertiary/aromatic N) is 1. The number of hydrogen-bond acceptors (Lipinski definition) is 2. The van der Waals surface area contributed by atoms with Crippen LogP contribution in [0.3, 0.4) is 0 Å². The van der Waals surface area contributed by atoms with Crippen LogP contribution in [0.2, 0.25) is 0 Å². The van der Waals surface area contributed by atoms with Gasteiger partial charge in [0, 0.05) is 23.7 Å². The van der Waals surface area contributed by atoms with Crippen LogP contribution in [0.15, 0.2) is 46.9 Å². The summed E-state index contributed by atoms with van der Waals surface area (Å²) in [6, 6.07) is 6.50. The number of ether oxygens (including phenoxy) is 1. The molecular formula is C27H37N3O. The number of allylic oxidation sites excluding steroid dienone is 1. The Morgan fingerprint density at radius 3 is 2.77 bits per heavy atom. The minimum Gasteiger partial charge on any atom is -0.494 e. The van der Waals surface area contributed by atoms with Crippen molar-refractivity contribution in [2.45, 2.75) is 83.5 Å². The third-order valence-corrected chi connectivity index (χ3v) is 6.67. The number of nitrogens with one attached hydrogen (secondary N) is 2. The van der Waals surface area contributed by atoms with Gasteiger partial charge in [0.1, 0.15) is 11.5 Å². The number of methoxy groups -OCH3 is 1. The van der Waals surface area contributed by atoms with E-state index in [1.54, 1.807) is 7.11 Å². The summed E-state index contributed by atoms with van der Waals surface area (Å²) in [6.45, 7) is 2.30. The van der Waals surface area contributed by atoms with Gasteiger partial charge in [0.15, 0.2) is 0 Å². The Labute approximate surface area is 186 Å². The summed E-state index contributed by atoms with van der Waals surface area (Å²) in [7, 11) is 1.73. The number of rotatable bonds is 6. The average molecular weight is 420 g/mol. The normalized spacial score (nSPS) is 21.4. The van der Waals surface area contributed by atoms with Crippen molar-refractivity contribution in [2.75, 3.05) is 7.11 Å². The molecule has 2 aromatic heterocycles. The number of aromatic amines is 2. The molecule has 1 aliphatic carbocycles. The molecule has 0 saturated heterocycles. The van der Waals surface area contributed by atoms with Gasteiger partial charge in [-0.25, -0.2) is 4.99 Å². The molecule has 1 atom stereocenters. The van der Waals surface area contributed by atoms with Crippen molar-refractivity contribution < 1.29 is 4.74 Å². The zero-order valence-electron chi connectivity index (χ0n) is 19.2. The molecule has 166 valence electrons. The van der Waals surface area contributed by atoms with Crippen molar-refractivity contribution in [3.8, 4) is 0 Å². The Kier molecular flexibility index (Phi) is 7.50. The summed E-state index contributed by atoms with van der Waals surface area (Å²) in [5, 5.41) is 0. The highest BCUT2D eigenvalue weighted by atomic mass is 16.5. The van der Waals surface area contributed by atoms with Crippen molar-refractivity contribution in [3.05, 3.63) is 64.6 Å². The minimum absolute atomic E-state index is 0.625. The molecule has 4 nitrogen and oxygen atoms in total. The average Bonchev–Trinajstić information content (AvgIpc) is 3.51. The largest absolute Gasteiger partial charge is 0.494 e. The number of H-pyrrole nitrogens is 2. The molecule has 2 bridgehead atoms. The molecule has 2 aliphatic rings. The van der Waals surface area contributed by atoms with Crippen LogP contribution in [-0.2, 0) is 11.2 Å². The third kappa shape index (κ3) is 5.41. The number of hydrogen-bond donors (Lipinski definition) is 2. The molecule has 4 rings (SSSR count). The van der Waals surface area contributed by atoms with Crippen molar-refractivity contribution in [1.82, 2.24) is 9.97 Å². The maximum absolute atomic E-state index is 5.68. The Morgan fingerprint density at radius 1 is 1.16 bits per heavy atom. The van der Waals surface area contributed by atoms with E-state index in [9.17, 15) is 0 Å². The van der Waals surface area contributed by atoms with Gasteiger partial charge in [0.2, 0.25) is 0 Å². The standard InChI is InChI=1S/C27H37N3O/c1-3-4-12-20-13-9-7-5-6-8-10-14-21-17-22(20)24(29-21)18-26-27(31-2)19-25(30-26)23-15-11-16-28-23/h11,15-20,28-29H,3-10,12-14H2,1-2H3. The number of aryl methyl sites for hydroxylation is 1. The Hall–Kier alpha value is -2.49. The van der Waals surface area contributed by atoms with E-state index in [-0.39, 0.29) is 0 Å². The highest BCUT2D eigenvalue weighted by Crippen LogP contribution is 2.35. The number of fused-ring (bicyclic) bond motifs is 2. The fraction of sp³-hybridized carbons (Fsp3) is 0.519. The minimum atomic E-state index is 0.625. The van der Waals surface area contributed by atoms with Crippen LogP contribution in [0.1, 0.15) is 99.7 Å². The van der Waals surface area contributed by atoms with E-state index < -0.39 is 0 Å². The Morgan fingerprint density at radius 2 is 2.00 bits per heavy atom. The van der Waals surface area contributed by atoms with Gasteiger partial charge >= 0.3 is 0 Å². The molecule has 0 amide bonds. The summed E-state index contributed by atoms with van der Waals surface area (Å²) in [4.78, 5) is 11.9. The van der Waals surface area contributed by atoms with Crippen molar-refractivity contribution in [2.24, 2.45) is 4.99 Å². The zero-order chi connectivity index (χ0) is 21.5. The van der Waals surface area contributed by atoms with E-state index in [1.807, 2.05) is 24.4 Å². The van der Waals surface area contributed by atoms with Crippen LogP contribution in [0.25, 0.3) is 6.08 Å². The monoisotopic (exact) mass is 419 g/mol. The lowest BCUT2D eigenvalue weighted by atomic mass is 9.87. The maximum Gasteiger partial charge on any atom is 0.146 e. The first-order valence-corrected chi connectivity index (χ1v) is 12.2. The summed E-state index contributed by atoms with van der Waals surface area (Å²) in [5.74, 6) is 1.45. The molecule has 0 aromatic carbocycles. The summed E-state index contributed by atoms with van der Waals surface area (Å²) in [5.41, 5.74) is 6.93. The summed E-state index contributed by atoms with van der Waals surface area (Å²) < 4.78 is 5.68. The second kappa shape index (κ2) is 10.7. The van der Waals surface area contributed by atoms with Crippen molar-refractivity contribution >= 4 is 11.8 Å². The fourth-order valence-electron chi connectivity index (χ4n) is 4.90. The van der Waals surface area contributed by atoms with Gasteiger partial charge < -0.3 is 14.7 Å². The molecule has 0 fully saturated rings. The van der Waals surface area contributed by atoms with Crippen LogP contribution in [0.5, 0.6) is 0 Å². The van der Waals surface area contributed by atoms with E-state index in [2.05, 4.69) is 29.0 Å². The van der Waals surface area contributed by atoms with Crippen LogP contribution in [0, 0.1) is 0 Å². The van der Waals surface area contributed by atoms with Gasteiger partial charge in [-0.05, 0) is 61.4 Å². The summed E-state index contributed by atoms with van der Waals surface area (Å²) >= 11 is 0. The van der Waals surface area contributed by atoms with E-state index >= 15 is 0 Å². The molecule has 0 spiro atoms. The predicted octanol–water partition coefficient (Wildman–Crippen LogP) is 7.28. The molecule has 1 unspecified atom stereocenters. The van der Waals surface area contributed by atoms with E-state index in [0.717, 1.165) is 29.3 Å². The molecule has 0 saturated carbocycles. The van der Waals surface area contributed by atoms with Gasteiger partial charge in [-0.2, -0.15) is 0 Å². The van der Waals surface area contributed by atoms with Gasteiger partial charge in [-0.15, -0.1) is 0 Å². The second-order valence-electron chi connectivity index (χ2n) is 8.99. The van der Waals surface area contributed by atoms with E-state index in [4.69, 9.17) is 9.73 Å². The van der Waals surface area contributed by atoms with Crippen molar-refractivity contribution in [3.63, 3.8) is 0 Å². The first-order chi connectivity index (χ1) is 15.3. The summed E-state index contributed by atoms with van der Waals surface area (Å²) in [6.07, 6.45) is 20.5. The first kappa shape index (κ1) is 21.7. The number of aromatic nitrogens is 2. The second-order valence-corrected chi connectivity index (χ2v) is 8.99. The molecule has 4 heteroatoms. The fourth-order valence-corrected chi connectivity index (χ4v) is 4.90. The molecule has 31 heavy (non-hydrogen) atoms. The predicted molar refractivity (Wildman–Crippen MR) is 129 cm³/mol. The van der Waals surface area contributed by atoms with E-state index in [0.29, 0.717) is 5.92 Å². The lowest BCUT2D eigenvalue weighted by molar-refractivity contribution is 0.303. The molecule has 2 N–H and O–H groups in total. The molecule has 3 heterocycles. The van der Waals surface area contributed by atoms with Crippen LogP contribution in [-0.4, -0.2) is 22.8 Å². The highest BCUT2D eigenvalue weighted by molar-refractivity contribution is 6.11. The molecule has 1 aliphatic heterocycles. The Balaban J connectivity index is 1.69. The van der Waals surface area contributed by atoms with Gasteiger partial charge in [-0.3, -0.25) is 0 Å². The van der Waals surface area contributed by atoms with Gasteiger partial charge in [-0.1, -0.05) is 51.9 Å². The van der Waals surface area contributed by atoms with Crippen LogP contribution < -0.4 is 0 Å². The molecule has 2 aromatic rings. The lowest BCUT2D eigenvalue weighted by Gasteiger charge is -2.17. The zero-order valence-corrected chi connectivity index (χ0v) is 19.2. The number of unbranched alkanes of at least 4 members (excludes halogenated alkanes) is 1.